The number of amides is 1. The van der Waals surface area contributed by atoms with E-state index in [9.17, 15) is 14.9 Å². The molecule has 0 atom stereocenters. The van der Waals surface area contributed by atoms with Gasteiger partial charge in [0.25, 0.3) is 11.6 Å². The molecule has 7 nitrogen and oxygen atoms in total. The lowest BCUT2D eigenvalue weighted by molar-refractivity contribution is -0.385. The quantitative estimate of drug-likeness (QED) is 0.590. The molecule has 0 fully saturated rings. The number of nitro groups is 1. The molecule has 1 aromatic rings. The summed E-state index contributed by atoms with van der Waals surface area (Å²) >= 11 is 1.70. The van der Waals surface area contributed by atoms with Crippen molar-refractivity contribution in [2.45, 2.75) is 31.4 Å². The number of nitrogens with two attached hydrogens (primary N) is 1. The summed E-state index contributed by atoms with van der Waals surface area (Å²) in [4.78, 5) is 26.0. The van der Waals surface area contributed by atoms with Gasteiger partial charge in [0.05, 0.1) is 10.5 Å². The van der Waals surface area contributed by atoms with Crippen molar-refractivity contribution in [2.24, 2.45) is 0 Å². The van der Waals surface area contributed by atoms with Crippen LogP contribution in [0, 0.1) is 10.1 Å². The molecule has 8 heteroatoms. The zero-order valence-electron chi connectivity index (χ0n) is 12.4. The third-order valence-electron chi connectivity index (χ3n) is 3.65. The van der Waals surface area contributed by atoms with E-state index >= 15 is 0 Å². The maximum atomic E-state index is 12.2. The third kappa shape index (κ3) is 4.07. The maximum absolute atomic E-state index is 12.2. The average Bonchev–Trinajstić information content (AvgIpc) is 2.49. The van der Waals surface area contributed by atoms with E-state index in [2.05, 4.69) is 24.1 Å². The van der Waals surface area contributed by atoms with Gasteiger partial charge < -0.3 is 11.1 Å². The molecule has 0 aliphatic carbocycles. The monoisotopic (exact) mass is 312 g/mol. The fourth-order valence-corrected chi connectivity index (χ4v) is 2.74. The van der Waals surface area contributed by atoms with Crippen LogP contribution in [-0.4, -0.2) is 33.4 Å². The molecule has 1 rings (SSSR count). The van der Waals surface area contributed by atoms with Gasteiger partial charge in [-0.2, -0.15) is 11.8 Å². The van der Waals surface area contributed by atoms with Gasteiger partial charge in [0.15, 0.2) is 0 Å². The topological polar surface area (TPSA) is 111 Å². The molecule has 0 bridgehead atoms. The summed E-state index contributed by atoms with van der Waals surface area (Å²) in [5, 5.41) is 13.5. The summed E-state index contributed by atoms with van der Waals surface area (Å²) in [6, 6.07) is 1.15. The van der Waals surface area contributed by atoms with Crippen LogP contribution < -0.4 is 11.1 Å². The van der Waals surface area contributed by atoms with E-state index in [1.54, 1.807) is 11.8 Å². The van der Waals surface area contributed by atoms with Crippen LogP contribution in [0.25, 0.3) is 0 Å². The van der Waals surface area contributed by atoms with E-state index in [1.165, 1.54) is 0 Å². The standard InChI is InChI=1S/C13H20N4O3S/c1-4-13(5-2,21-3)8-16-12(18)10-6-9(17(19)20)7-15-11(10)14/h6-7H,4-5,8H2,1-3H3,(H2,14,15)(H,16,18). The molecule has 0 saturated carbocycles. The first kappa shape index (κ1) is 17.2. The fourth-order valence-electron chi connectivity index (χ4n) is 1.94. The molecule has 3 N–H and O–H groups in total. The lowest BCUT2D eigenvalue weighted by Crippen LogP contribution is -2.39. The molecule has 0 saturated heterocycles. The van der Waals surface area contributed by atoms with Gasteiger partial charge in [-0.25, -0.2) is 4.98 Å². The summed E-state index contributed by atoms with van der Waals surface area (Å²) in [5.41, 5.74) is 5.41. The van der Waals surface area contributed by atoms with Gasteiger partial charge >= 0.3 is 0 Å². The molecule has 0 unspecified atom stereocenters. The summed E-state index contributed by atoms with van der Waals surface area (Å²) < 4.78 is -0.0431. The second kappa shape index (κ2) is 7.26. The van der Waals surface area contributed by atoms with Crippen LogP contribution in [0.3, 0.4) is 0 Å². The van der Waals surface area contributed by atoms with Gasteiger partial charge in [0.1, 0.15) is 12.0 Å². The van der Waals surface area contributed by atoms with Crippen molar-refractivity contribution in [1.82, 2.24) is 10.3 Å². The van der Waals surface area contributed by atoms with Crippen molar-refractivity contribution in [3.63, 3.8) is 0 Å². The highest BCUT2D eigenvalue weighted by atomic mass is 32.2. The van der Waals surface area contributed by atoms with Gasteiger partial charge in [0.2, 0.25) is 0 Å². The van der Waals surface area contributed by atoms with Crippen molar-refractivity contribution >= 4 is 29.2 Å². The SMILES string of the molecule is CCC(CC)(CNC(=O)c1cc([N+](=O)[O-])cnc1N)SC. The van der Waals surface area contributed by atoms with Crippen LogP contribution in [0.15, 0.2) is 12.3 Å². The van der Waals surface area contributed by atoms with Gasteiger partial charge in [-0.1, -0.05) is 13.8 Å². The van der Waals surface area contributed by atoms with E-state index < -0.39 is 10.8 Å². The van der Waals surface area contributed by atoms with Crippen LogP contribution in [0.1, 0.15) is 37.0 Å². The van der Waals surface area contributed by atoms with Crippen LogP contribution in [0.5, 0.6) is 0 Å². The maximum Gasteiger partial charge on any atom is 0.288 e. The van der Waals surface area contributed by atoms with Crippen molar-refractivity contribution in [1.29, 1.82) is 0 Å². The first-order valence-corrected chi connectivity index (χ1v) is 7.84. The Morgan fingerprint density at radius 1 is 1.52 bits per heavy atom. The second-order valence-electron chi connectivity index (χ2n) is 4.66. The minimum Gasteiger partial charge on any atom is -0.383 e. The zero-order chi connectivity index (χ0) is 16.0. The predicted octanol–water partition coefficient (Wildman–Crippen LogP) is 2.22. The summed E-state index contributed by atoms with van der Waals surface area (Å²) in [6.45, 7) is 4.60. The van der Waals surface area contributed by atoms with Gasteiger partial charge in [0, 0.05) is 17.4 Å². The smallest absolute Gasteiger partial charge is 0.288 e. The minimum absolute atomic E-state index is 0.0131. The van der Waals surface area contributed by atoms with Crippen molar-refractivity contribution in [2.75, 3.05) is 18.5 Å². The zero-order valence-corrected chi connectivity index (χ0v) is 13.2. The predicted molar refractivity (Wildman–Crippen MR) is 84.5 cm³/mol. The number of aromatic nitrogens is 1. The van der Waals surface area contributed by atoms with Crippen LogP contribution in [0.4, 0.5) is 11.5 Å². The largest absolute Gasteiger partial charge is 0.383 e. The highest BCUT2D eigenvalue weighted by Gasteiger charge is 2.26. The first-order valence-electron chi connectivity index (χ1n) is 6.62. The Morgan fingerprint density at radius 2 is 2.14 bits per heavy atom. The minimum atomic E-state index is -0.604. The number of nitrogen functional groups attached to an aromatic ring is 1. The highest BCUT2D eigenvalue weighted by Crippen LogP contribution is 2.29. The number of nitrogens with zero attached hydrogens (tertiary/aromatic N) is 2. The molecule has 116 valence electrons. The Bertz CT molecular complexity index is 524. The number of hydrogen-bond acceptors (Lipinski definition) is 6. The molecular weight excluding hydrogens is 292 g/mol. The van der Waals surface area contributed by atoms with E-state index in [4.69, 9.17) is 5.73 Å². The lowest BCUT2D eigenvalue weighted by Gasteiger charge is -2.29. The van der Waals surface area contributed by atoms with Crippen molar-refractivity contribution < 1.29 is 9.72 Å². The summed E-state index contributed by atoms with van der Waals surface area (Å²) in [7, 11) is 0. The molecule has 0 spiro atoms. The van der Waals surface area contributed by atoms with E-state index in [-0.39, 0.29) is 21.8 Å². The van der Waals surface area contributed by atoms with Gasteiger partial charge in [-0.3, -0.25) is 14.9 Å². The Balaban J connectivity index is 2.89. The van der Waals surface area contributed by atoms with E-state index in [0.29, 0.717) is 6.54 Å². The molecular formula is C13H20N4O3S. The van der Waals surface area contributed by atoms with E-state index in [1.807, 2.05) is 6.26 Å². The van der Waals surface area contributed by atoms with Crippen LogP contribution >= 0.6 is 11.8 Å². The lowest BCUT2D eigenvalue weighted by atomic mass is 10.0. The number of thioether (sulfide) groups is 1. The van der Waals surface area contributed by atoms with Gasteiger partial charge in [-0.05, 0) is 19.1 Å². The molecule has 0 aliphatic rings. The highest BCUT2D eigenvalue weighted by molar-refractivity contribution is 8.00. The normalized spacial score (nSPS) is 11.2. The van der Waals surface area contributed by atoms with Crippen LogP contribution in [0.2, 0.25) is 0 Å². The third-order valence-corrected chi connectivity index (χ3v) is 5.24. The van der Waals surface area contributed by atoms with Gasteiger partial charge in [-0.15, -0.1) is 0 Å². The summed E-state index contributed by atoms with van der Waals surface area (Å²) in [6.07, 6.45) is 4.86. The number of carbonyl (C=O) groups is 1. The number of pyridine rings is 1. The molecule has 21 heavy (non-hydrogen) atoms. The van der Waals surface area contributed by atoms with Crippen molar-refractivity contribution in [3.8, 4) is 0 Å². The second-order valence-corrected chi connectivity index (χ2v) is 5.93. The van der Waals surface area contributed by atoms with Crippen LogP contribution in [-0.2, 0) is 0 Å². The molecule has 0 radical (unpaired) electrons. The Hall–Kier alpha value is -1.83. The number of carbonyl (C=O) groups excluding carboxylic acids is 1. The molecule has 0 aromatic carbocycles. The summed E-state index contributed by atoms with van der Waals surface area (Å²) in [5.74, 6) is -0.454. The van der Waals surface area contributed by atoms with E-state index in [0.717, 1.165) is 25.1 Å². The number of anilines is 1. The number of hydrogen-bond donors (Lipinski definition) is 2. The molecule has 1 aromatic heterocycles. The fraction of sp³-hybridized carbons (Fsp3) is 0.538. The number of rotatable bonds is 7. The number of nitrogens with one attached hydrogen (secondary N) is 1. The Labute approximate surface area is 127 Å². The molecule has 1 amide bonds. The molecule has 0 aliphatic heterocycles. The Kier molecular flexibility index (Phi) is 5.95. The average molecular weight is 312 g/mol. The first-order chi connectivity index (χ1) is 9.89. The molecule has 1 heterocycles. The van der Waals surface area contributed by atoms with Crippen molar-refractivity contribution in [3.05, 3.63) is 27.9 Å². The Morgan fingerprint density at radius 3 is 2.62 bits per heavy atom.